The minimum Gasteiger partial charge on any atom is -0.312 e. The number of nitrogens with one attached hydrogen (secondary N) is 1. The molecule has 106 valence electrons. The van der Waals surface area contributed by atoms with Crippen LogP contribution in [0.5, 0.6) is 0 Å². The second-order valence-corrected chi connectivity index (χ2v) is 7.23. The third-order valence-corrected chi connectivity index (χ3v) is 5.60. The van der Waals surface area contributed by atoms with Crippen LogP contribution in [0, 0.1) is 5.82 Å². The summed E-state index contributed by atoms with van der Waals surface area (Å²) in [7, 11) is 0. The van der Waals surface area contributed by atoms with Crippen molar-refractivity contribution in [1.82, 2.24) is 5.32 Å². The summed E-state index contributed by atoms with van der Waals surface area (Å²) in [5.74, 6) is 1.13. The Morgan fingerprint density at radius 2 is 2.32 bits per heavy atom. The highest BCUT2D eigenvalue weighted by Gasteiger charge is 2.37. The maximum Gasteiger partial charge on any atom is 0.123 e. The topological polar surface area (TPSA) is 12.0 Å². The molecule has 0 aliphatic carbocycles. The average Bonchev–Trinajstić information content (AvgIpc) is 2.82. The largest absolute Gasteiger partial charge is 0.312 e. The Morgan fingerprint density at radius 3 is 2.95 bits per heavy atom. The monoisotopic (exact) mass is 281 g/mol. The van der Waals surface area contributed by atoms with Crippen LogP contribution in [0.25, 0.3) is 0 Å². The molecule has 2 rings (SSSR count). The lowest BCUT2D eigenvalue weighted by Crippen LogP contribution is -2.47. The zero-order valence-electron chi connectivity index (χ0n) is 11.9. The van der Waals surface area contributed by atoms with E-state index in [0.29, 0.717) is 10.8 Å². The van der Waals surface area contributed by atoms with Crippen LogP contribution in [0.1, 0.15) is 38.7 Å². The van der Waals surface area contributed by atoms with E-state index in [2.05, 4.69) is 30.9 Å². The fourth-order valence-electron chi connectivity index (χ4n) is 2.80. The molecule has 0 amide bonds. The smallest absolute Gasteiger partial charge is 0.123 e. The quantitative estimate of drug-likeness (QED) is 0.845. The van der Waals surface area contributed by atoms with Gasteiger partial charge < -0.3 is 5.32 Å². The SMILES string of the molecule is CCCNC(Cc1cccc(F)c1)C1(C)CCCS1. The van der Waals surface area contributed by atoms with Crippen molar-refractivity contribution in [3.8, 4) is 0 Å². The van der Waals surface area contributed by atoms with E-state index < -0.39 is 0 Å². The van der Waals surface area contributed by atoms with Crippen molar-refractivity contribution in [2.75, 3.05) is 12.3 Å². The first kappa shape index (κ1) is 14.9. The van der Waals surface area contributed by atoms with E-state index >= 15 is 0 Å². The standard InChI is InChI=1S/C16H24FNS/c1-3-9-18-15(16(2)8-5-10-19-16)12-13-6-4-7-14(17)11-13/h4,6-7,11,15,18H,3,5,8-10,12H2,1-2H3. The fraction of sp³-hybridized carbons (Fsp3) is 0.625. The number of hydrogen-bond donors (Lipinski definition) is 1. The van der Waals surface area contributed by atoms with Crippen molar-refractivity contribution < 1.29 is 4.39 Å². The molecule has 1 aromatic carbocycles. The van der Waals surface area contributed by atoms with Gasteiger partial charge in [0, 0.05) is 10.8 Å². The Bertz CT molecular complexity index is 401. The van der Waals surface area contributed by atoms with Crippen molar-refractivity contribution in [2.24, 2.45) is 0 Å². The number of halogens is 1. The number of hydrogen-bond acceptors (Lipinski definition) is 2. The Hall–Kier alpha value is -0.540. The molecule has 1 aliphatic rings. The first-order valence-electron chi connectivity index (χ1n) is 7.26. The van der Waals surface area contributed by atoms with E-state index in [1.54, 1.807) is 6.07 Å². The molecule has 1 N–H and O–H groups in total. The fourth-order valence-corrected chi connectivity index (χ4v) is 4.21. The molecule has 2 atom stereocenters. The molecule has 0 aromatic heterocycles. The second-order valence-electron chi connectivity index (χ2n) is 5.61. The normalized spacial score (nSPS) is 24.6. The summed E-state index contributed by atoms with van der Waals surface area (Å²) in [5.41, 5.74) is 1.10. The van der Waals surface area contributed by atoms with Crippen LogP contribution in [0.2, 0.25) is 0 Å². The highest BCUT2D eigenvalue weighted by molar-refractivity contribution is 8.00. The molecule has 3 heteroatoms. The van der Waals surface area contributed by atoms with E-state index in [9.17, 15) is 4.39 Å². The zero-order valence-corrected chi connectivity index (χ0v) is 12.7. The predicted molar refractivity (Wildman–Crippen MR) is 82.3 cm³/mol. The highest BCUT2D eigenvalue weighted by atomic mass is 32.2. The third kappa shape index (κ3) is 3.96. The second kappa shape index (κ2) is 6.76. The van der Waals surface area contributed by atoms with Gasteiger partial charge in [0.1, 0.15) is 5.82 Å². The lowest BCUT2D eigenvalue weighted by Gasteiger charge is -2.34. The molecule has 1 nitrogen and oxygen atoms in total. The molecule has 2 unspecified atom stereocenters. The molecule has 19 heavy (non-hydrogen) atoms. The molecule has 1 saturated heterocycles. The van der Waals surface area contributed by atoms with Crippen molar-refractivity contribution in [3.63, 3.8) is 0 Å². The zero-order chi connectivity index (χ0) is 13.7. The van der Waals surface area contributed by atoms with Crippen LogP contribution in [-0.2, 0) is 6.42 Å². The van der Waals surface area contributed by atoms with Crippen LogP contribution in [0.15, 0.2) is 24.3 Å². The summed E-state index contributed by atoms with van der Waals surface area (Å²) in [6, 6.07) is 7.47. The van der Waals surface area contributed by atoms with Crippen LogP contribution in [0.3, 0.4) is 0 Å². The van der Waals surface area contributed by atoms with Crippen LogP contribution in [0.4, 0.5) is 4.39 Å². The highest BCUT2D eigenvalue weighted by Crippen LogP contribution is 2.41. The van der Waals surface area contributed by atoms with Crippen molar-refractivity contribution in [3.05, 3.63) is 35.6 Å². The van der Waals surface area contributed by atoms with Gasteiger partial charge in [-0.25, -0.2) is 4.39 Å². The lowest BCUT2D eigenvalue weighted by atomic mass is 9.90. The first-order chi connectivity index (χ1) is 9.14. The van der Waals surface area contributed by atoms with Crippen molar-refractivity contribution in [2.45, 2.75) is 50.3 Å². The molecule has 1 heterocycles. The van der Waals surface area contributed by atoms with E-state index in [1.165, 1.54) is 24.7 Å². The van der Waals surface area contributed by atoms with Gasteiger partial charge in [0.2, 0.25) is 0 Å². The predicted octanol–water partition coefficient (Wildman–Crippen LogP) is 4.02. The van der Waals surface area contributed by atoms with Crippen molar-refractivity contribution >= 4 is 11.8 Å². The molecule has 1 fully saturated rings. The molecule has 1 aromatic rings. The lowest BCUT2D eigenvalue weighted by molar-refractivity contribution is 0.398. The molecular formula is C16H24FNS. The Labute approximate surface area is 120 Å². The maximum absolute atomic E-state index is 13.3. The number of benzene rings is 1. The summed E-state index contributed by atoms with van der Waals surface area (Å²) in [5, 5.41) is 3.68. The summed E-state index contributed by atoms with van der Waals surface area (Å²) in [6.07, 6.45) is 4.62. The molecule has 1 aliphatic heterocycles. The molecule has 0 bridgehead atoms. The molecule has 0 radical (unpaired) electrons. The molecule has 0 saturated carbocycles. The Morgan fingerprint density at radius 1 is 1.47 bits per heavy atom. The Balaban J connectivity index is 2.09. The van der Waals surface area contributed by atoms with E-state index in [0.717, 1.165) is 24.9 Å². The summed E-state index contributed by atoms with van der Waals surface area (Å²) >= 11 is 2.07. The van der Waals surface area contributed by atoms with E-state index in [1.807, 2.05) is 12.1 Å². The molecule has 0 spiro atoms. The van der Waals surface area contributed by atoms with Gasteiger partial charge in [0.05, 0.1) is 0 Å². The summed E-state index contributed by atoms with van der Waals surface area (Å²) < 4.78 is 13.6. The van der Waals surface area contributed by atoms with Gasteiger partial charge in [-0.2, -0.15) is 11.8 Å². The number of thioether (sulfide) groups is 1. The van der Waals surface area contributed by atoms with E-state index in [-0.39, 0.29) is 5.82 Å². The number of rotatable bonds is 6. The van der Waals surface area contributed by atoms with Crippen molar-refractivity contribution in [1.29, 1.82) is 0 Å². The third-order valence-electron chi connectivity index (χ3n) is 3.96. The average molecular weight is 281 g/mol. The van der Waals surface area contributed by atoms with Gasteiger partial charge >= 0.3 is 0 Å². The van der Waals surface area contributed by atoms with Gasteiger partial charge in [-0.05, 0) is 62.6 Å². The van der Waals surface area contributed by atoms with Gasteiger partial charge in [-0.15, -0.1) is 0 Å². The Kier molecular flexibility index (Phi) is 5.28. The summed E-state index contributed by atoms with van der Waals surface area (Å²) in [6.45, 7) is 5.59. The van der Waals surface area contributed by atoms with Gasteiger partial charge in [0.25, 0.3) is 0 Å². The minimum atomic E-state index is -0.129. The molecular weight excluding hydrogens is 257 g/mol. The van der Waals surface area contributed by atoms with Gasteiger partial charge in [0.15, 0.2) is 0 Å². The van der Waals surface area contributed by atoms with Crippen LogP contribution in [-0.4, -0.2) is 23.1 Å². The van der Waals surface area contributed by atoms with Crippen LogP contribution >= 0.6 is 11.8 Å². The van der Waals surface area contributed by atoms with Gasteiger partial charge in [-0.1, -0.05) is 19.1 Å². The van der Waals surface area contributed by atoms with Gasteiger partial charge in [-0.3, -0.25) is 0 Å². The minimum absolute atomic E-state index is 0.129. The summed E-state index contributed by atoms with van der Waals surface area (Å²) in [4.78, 5) is 0. The maximum atomic E-state index is 13.3. The first-order valence-corrected chi connectivity index (χ1v) is 8.24. The van der Waals surface area contributed by atoms with E-state index in [4.69, 9.17) is 0 Å². The van der Waals surface area contributed by atoms with Crippen LogP contribution < -0.4 is 5.32 Å².